The zero-order valence-electron chi connectivity index (χ0n) is 22.0. The predicted octanol–water partition coefficient (Wildman–Crippen LogP) is 2.72. The van der Waals surface area contributed by atoms with Gasteiger partial charge in [-0.25, -0.2) is 4.98 Å². The summed E-state index contributed by atoms with van der Waals surface area (Å²) in [6.45, 7) is 6.20. The number of carbonyl (C=O) groups is 2. The Morgan fingerprint density at radius 2 is 1.94 bits per heavy atom. The van der Waals surface area contributed by atoms with Gasteiger partial charge in [-0.1, -0.05) is 31.9 Å². The molecular weight excluding hydrogens is 452 g/mol. The van der Waals surface area contributed by atoms with Crippen molar-refractivity contribution >= 4 is 11.8 Å². The number of likely N-dealkylation sites (tertiary alicyclic amines) is 1. The Balaban J connectivity index is 1.35. The third-order valence-electron chi connectivity index (χ3n) is 6.61. The quantitative estimate of drug-likeness (QED) is 0.285. The molecule has 2 atom stereocenters. The second kappa shape index (κ2) is 13.8. The van der Waals surface area contributed by atoms with Crippen LogP contribution >= 0.6 is 0 Å². The minimum atomic E-state index is -0.187. The first-order valence-corrected chi connectivity index (χ1v) is 12.9. The topological polar surface area (TPSA) is 102 Å². The van der Waals surface area contributed by atoms with Crippen LogP contribution in [-0.4, -0.2) is 59.9 Å². The zero-order chi connectivity index (χ0) is 25.9. The number of aromatic nitrogens is 2. The maximum atomic E-state index is 12.2. The van der Waals surface area contributed by atoms with E-state index in [1.54, 1.807) is 13.2 Å². The number of benzene rings is 1. The maximum Gasteiger partial charge on any atom is 0.237 e. The van der Waals surface area contributed by atoms with Crippen LogP contribution in [0.2, 0.25) is 0 Å². The highest BCUT2D eigenvalue weighted by Gasteiger charge is 2.24. The van der Waals surface area contributed by atoms with Gasteiger partial charge in [-0.15, -0.1) is 0 Å². The van der Waals surface area contributed by atoms with Crippen LogP contribution in [0.4, 0.5) is 0 Å². The number of hydrogen-bond acceptors (Lipinski definition) is 5. The largest absolute Gasteiger partial charge is 0.355 e. The smallest absolute Gasteiger partial charge is 0.237 e. The second-order valence-corrected chi connectivity index (χ2v) is 9.80. The van der Waals surface area contributed by atoms with Crippen LogP contribution in [0.15, 0.2) is 30.5 Å². The Kier molecular flexibility index (Phi) is 10.5. The molecule has 1 fully saturated rings. The van der Waals surface area contributed by atoms with E-state index in [4.69, 9.17) is 0 Å². The van der Waals surface area contributed by atoms with Crippen molar-refractivity contribution in [1.29, 1.82) is 0 Å². The predicted molar refractivity (Wildman–Crippen MR) is 142 cm³/mol. The van der Waals surface area contributed by atoms with Gasteiger partial charge in [-0.2, -0.15) is 0 Å². The lowest BCUT2D eigenvalue weighted by Gasteiger charge is -2.19. The fourth-order valence-corrected chi connectivity index (χ4v) is 4.46. The summed E-state index contributed by atoms with van der Waals surface area (Å²) in [5, 5.41) is 8.93. The van der Waals surface area contributed by atoms with Crippen LogP contribution in [0.1, 0.15) is 74.6 Å². The van der Waals surface area contributed by atoms with Gasteiger partial charge in [0.2, 0.25) is 11.8 Å². The summed E-state index contributed by atoms with van der Waals surface area (Å²) in [5.41, 5.74) is 2.77. The number of imidazole rings is 1. The van der Waals surface area contributed by atoms with Crippen LogP contribution in [-0.2, 0) is 16.1 Å². The van der Waals surface area contributed by atoms with Gasteiger partial charge in [0.05, 0.1) is 18.3 Å². The molecule has 2 heterocycles. The number of rotatable bonds is 11. The van der Waals surface area contributed by atoms with Crippen molar-refractivity contribution in [3.8, 4) is 11.8 Å². The SMILES string of the molecule is CNC(C(=O)NCCCCC(=O)NCc1ccc(C#Cc2cnc(C3CCCN3C)[nH]2)cc1)C(C)C. The van der Waals surface area contributed by atoms with Crippen LogP contribution in [0, 0.1) is 17.8 Å². The molecule has 1 aliphatic rings. The van der Waals surface area contributed by atoms with Crippen molar-refractivity contribution in [3.05, 3.63) is 53.1 Å². The monoisotopic (exact) mass is 492 g/mol. The second-order valence-electron chi connectivity index (χ2n) is 9.80. The number of carbonyl (C=O) groups excluding carboxylic acids is 2. The summed E-state index contributed by atoms with van der Waals surface area (Å²) in [6.07, 6.45) is 6.09. The molecule has 0 spiro atoms. The highest BCUT2D eigenvalue weighted by molar-refractivity contribution is 5.81. The summed E-state index contributed by atoms with van der Waals surface area (Å²) in [6, 6.07) is 8.07. The van der Waals surface area contributed by atoms with E-state index >= 15 is 0 Å². The van der Waals surface area contributed by atoms with E-state index in [1.807, 2.05) is 38.1 Å². The molecule has 1 saturated heterocycles. The molecule has 2 unspecified atom stereocenters. The number of nitrogens with one attached hydrogen (secondary N) is 4. The van der Waals surface area contributed by atoms with Gasteiger partial charge in [0.25, 0.3) is 0 Å². The molecule has 36 heavy (non-hydrogen) atoms. The fraction of sp³-hybridized carbons (Fsp3) is 0.536. The lowest BCUT2D eigenvalue weighted by molar-refractivity contribution is -0.124. The zero-order valence-corrected chi connectivity index (χ0v) is 22.0. The average Bonchev–Trinajstić information content (AvgIpc) is 3.50. The van der Waals surface area contributed by atoms with Gasteiger partial charge in [0.15, 0.2) is 0 Å². The molecule has 2 aromatic rings. The number of nitrogens with zero attached hydrogens (tertiary/aromatic N) is 2. The Hall–Kier alpha value is -3.15. The van der Waals surface area contributed by atoms with E-state index in [0.29, 0.717) is 25.6 Å². The number of aromatic amines is 1. The highest BCUT2D eigenvalue weighted by Crippen LogP contribution is 2.27. The molecule has 194 valence electrons. The molecule has 8 heteroatoms. The minimum Gasteiger partial charge on any atom is -0.355 e. The van der Waals surface area contributed by atoms with Gasteiger partial charge in [-0.3, -0.25) is 14.5 Å². The van der Waals surface area contributed by atoms with Crippen molar-refractivity contribution in [2.24, 2.45) is 5.92 Å². The number of likely N-dealkylation sites (N-methyl/N-ethyl adjacent to an activating group) is 1. The lowest BCUT2D eigenvalue weighted by atomic mass is 10.0. The molecule has 0 aliphatic carbocycles. The Labute approximate surface area is 215 Å². The summed E-state index contributed by atoms with van der Waals surface area (Å²) in [7, 11) is 3.92. The van der Waals surface area contributed by atoms with E-state index in [0.717, 1.165) is 48.5 Å². The third-order valence-corrected chi connectivity index (χ3v) is 6.61. The van der Waals surface area contributed by atoms with Gasteiger partial charge < -0.3 is 20.9 Å². The molecular formula is C28H40N6O2. The molecule has 1 aromatic carbocycles. The molecule has 1 aromatic heterocycles. The first-order chi connectivity index (χ1) is 17.4. The fourth-order valence-electron chi connectivity index (χ4n) is 4.46. The third kappa shape index (κ3) is 8.21. The normalized spacial score (nSPS) is 16.4. The van der Waals surface area contributed by atoms with E-state index in [9.17, 15) is 9.59 Å². The maximum absolute atomic E-state index is 12.2. The van der Waals surface area contributed by atoms with Gasteiger partial charge in [0, 0.05) is 25.1 Å². The highest BCUT2D eigenvalue weighted by atomic mass is 16.2. The van der Waals surface area contributed by atoms with Crippen molar-refractivity contribution in [1.82, 2.24) is 30.8 Å². The molecule has 8 nitrogen and oxygen atoms in total. The number of amides is 2. The van der Waals surface area contributed by atoms with E-state index in [-0.39, 0.29) is 23.8 Å². The standard InChI is InChI=1S/C28H40N6O2/c1-20(2)26(29-3)28(36)30-16-6-5-9-25(35)31-18-22-12-10-21(11-13-22)14-15-23-19-32-27(33-23)24-8-7-17-34(24)4/h10-13,19-20,24,26,29H,5-9,16-18H2,1-4H3,(H,30,36)(H,31,35)(H,32,33). The van der Waals surface area contributed by atoms with Gasteiger partial charge in [0.1, 0.15) is 11.5 Å². The molecule has 3 rings (SSSR count). The van der Waals surface area contributed by atoms with Gasteiger partial charge >= 0.3 is 0 Å². The Morgan fingerprint density at radius 1 is 1.17 bits per heavy atom. The molecule has 2 amide bonds. The van der Waals surface area contributed by atoms with Crippen molar-refractivity contribution in [3.63, 3.8) is 0 Å². The van der Waals surface area contributed by atoms with Crippen LogP contribution in [0.5, 0.6) is 0 Å². The Morgan fingerprint density at radius 3 is 2.61 bits per heavy atom. The van der Waals surface area contributed by atoms with E-state index < -0.39 is 0 Å². The van der Waals surface area contributed by atoms with Crippen molar-refractivity contribution < 1.29 is 9.59 Å². The number of hydrogen-bond donors (Lipinski definition) is 4. The summed E-state index contributed by atoms with van der Waals surface area (Å²) in [5.74, 6) is 7.58. The number of unbranched alkanes of at least 4 members (excludes halogenated alkanes) is 1. The van der Waals surface area contributed by atoms with E-state index in [1.165, 1.54) is 6.42 Å². The molecule has 0 bridgehead atoms. The summed E-state index contributed by atoms with van der Waals surface area (Å²) >= 11 is 0. The van der Waals surface area contributed by atoms with Crippen LogP contribution in [0.3, 0.4) is 0 Å². The van der Waals surface area contributed by atoms with Crippen LogP contribution < -0.4 is 16.0 Å². The van der Waals surface area contributed by atoms with Crippen molar-refractivity contribution in [2.45, 2.75) is 64.6 Å². The number of H-pyrrole nitrogens is 1. The first-order valence-electron chi connectivity index (χ1n) is 12.9. The molecule has 0 saturated carbocycles. The molecule has 4 N–H and O–H groups in total. The Bertz CT molecular complexity index is 1050. The van der Waals surface area contributed by atoms with Gasteiger partial charge in [-0.05, 0) is 75.9 Å². The van der Waals surface area contributed by atoms with Crippen molar-refractivity contribution in [2.75, 3.05) is 27.2 Å². The molecule has 0 radical (unpaired) electrons. The summed E-state index contributed by atoms with van der Waals surface area (Å²) in [4.78, 5) is 34.4. The molecule has 1 aliphatic heterocycles. The lowest BCUT2D eigenvalue weighted by Crippen LogP contribution is -2.46. The minimum absolute atomic E-state index is 0.0105. The summed E-state index contributed by atoms with van der Waals surface area (Å²) < 4.78 is 0. The van der Waals surface area contributed by atoms with E-state index in [2.05, 4.69) is 49.7 Å². The average molecular weight is 493 g/mol. The first kappa shape index (κ1) is 27.4. The van der Waals surface area contributed by atoms with Crippen LogP contribution in [0.25, 0.3) is 0 Å².